The van der Waals surface area contributed by atoms with Crippen molar-refractivity contribution < 1.29 is 28.5 Å². The van der Waals surface area contributed by atoms with Crippen LogP contribution in [-0.2, 0) is 19.0 Å². The molecule has 22 heavy (non-hydrogen) atoms. The Bertz CT molecular complexity index is 584. The van der Waals surface area contributed by atoms with Crippen LogP contribution in [0.4, 0.5) is 0 Å². The SMILES string of the molecule is CC(=O)Oc1ccccc1C(=O)OC1COC2C1OC[C@H]2C. The van der Waals surface area contributed by atoms with E-state index in [0.29, 0.717) is 19.1 Å². The van der Waals surface area contributed by atoms with E-state index in [0.717, 1.165) is 0 Å². The highest BCUT2D eigenvalue weighted by Crippen LogP contribution is 2.33. The van der Waals surface area contributed by atoms with Gasteiger partial charge in [0.25, 0.3) is 0 Å². The lowest BCUT2D eigenvalue weighted by molar-refractivity contribution is -0.131. The normalized spacial score (nSPS) is 29.9. The summed E-state index contributed by atoms with van der Waals surface area (Å²) in [4.78, 5) is 23.5. The smallest absolute Gasteiger partial charge is 0.342 e. The maximum Gasteiger partial charge on any atom is 0.342 e. The molecule has 2 aliphatic rings. The fourth-order valence-electron chi connectivity index (χ4n) is 2.84. The number of ether oxygens (including phenoxy) is 4. The van der Waals surface area contributed by atoms with Gasteiger partial charge in [0.15, 0.2) is 6.10 Å². The molecule has 0 aliphatic carbocycles. The zero-order chi connectivity index (χ0) is 15.7. The van der Waals surface area contributed by atoms with Crippen LogP contribution in [0.1, 0.15) is 24.2 Å². The number of rotatable bonds is 3. The Labute approximate surface area is 128 Å². The van der Waals surface area contributed by atoms with Gasteiger partial charge in [-0.25, -0.2) is 4.79 Å². The first-order valence-electron chi connectivity index (χ1n) is 7.28. The van der Waals surface area contributed by atoms with E-state index in [4.69, 9.17) is 18.9 Å². The van der Waals surface area contributed by atoms with Gasteiger partial charge < -0.3 is 18.9 Å². The molecule has 6 nitrogen and oxygen atoms in total. The van der Waals surface area contributed by atoms with Crippen LogP contribution in [0.2, 0.25) is 0 Å². The molecule has 0 N–H and O–H groups in total. The fraction of sp³-hybridized carbons (Fsp3) is 0.500. The first kappa shape index (κ1) is 15.0. The number of carbonyl (C=O) groups excluding carboxylic acids is 2. The van der Waals surface area contributed by atoms with Crippen molar-refractivity contribution in [1.82, 2.24) is 0 Å². The zero-order valence-electron chi connectivity index (χ0n) is 12.5. The van der Waals surface area contributed by atoms with Crippen molar-refractivity contribution in [3.05, 3.63) is 29.8 Å². The van der Waals surface area contributed by atoms with Gasteiger partial charge in [-0.15, -0.1) is 0 Å². The number of esters is 2. The Kier molecular flexibility index (Phi) is 4.13. The Balaban J connectivity index is 1.71. The summed E-state index contributed by atoms with van der Waals surface area (Å²) in [5.41, 5.74) is 0.215. The molecule has 4 atom stereocenters. The van der Waals surface area contributed by atoms with Crippen molar-refractivity contribution in [3.63, 3.8) is 0 Å². The molecule has 0 spiro atoms. The summed E-state index contributed by atoms with van der Waals surface area (Å²) in [7, 11) is 0. The van der Waals surface area contributed by atoms with Crippen LogP contribution in [-0.4, -0.2) is 43.5 Å². The monoisotopic (exact) mass is 306 g/mol. The molecule has 2 saturated heterocycles. The molecular formula is C16H18O6. The second-order valence-corrected chi connectivity index (χ2v) is 5.61. The summed E-state index contributed by atoms with van der Waals surface area (Å²) in [5, 5.41) is 0. The standard InChI is InChI=1S/C16H18O6/c1-9-7-19-15-13(8-20-14(9)15)22-16(18)11-5-3-4-6-12(11)21-10(2)17/h3-6,9,13-15H,7-8H2,1-2H3/t9-,13?,14?,15?/m1/s1. The van der Waals surface area contributed by atoms with Gasteiger partial charge in [0.1, 0.15) is 17.4 Å². The van der Waals surface area contributed by atoms with Crippen molar-refractivity contribution in [1.29, 1.82) is 0 Å². The minimum Gasteiger partial charge on any atom is -0.453 e. The van der Waals surface area contributed by atoms with Gasteiger partial charge in [-0.2, -0.15) is 0 Å². The van der Waals surface area contributed by atoms with E-state index in [9.17, 15) is 9.59 Å². The molecule has 0 aromatic heterocycles. The average molecular weight is 306 g/mol. The van der Waals surface area contributed by atoms with E-state index in [-0.39, 0.29) is 23.5 Å². The maximum atomic E-state index is 12.3. The topological polar surface area (TPSA) is 71.1 Å². The van der Waals surface area contributed by atoms with Crippen LogP contribution in [0.5, 0.6) is 5.75 Å². The third kappa shape index (κ3) is 2.84. The molecule has 2 heterocycles. The van der Waals surface area contributed by atoms with Crippen molar-refractivity contribution >= 4 is 11.9 Å². The van der Waals surface area contributed by atoms with Crippen molar-refractivity contribution in [3.8, 4) is 5.75 Å². The van der Waals surface area contributed by atoms with E-state index < -0.39 is 18.0 Å². The van der Waals surface area contributed by atoms with Gasteiger partial charge in [0.05, 0.1) is 19.3 Å². The lowest BCUT2D eigenvalue weighted by Gasteiger charge is -2.17. The van der Waals surface area contributed by atoms with Crippen LogP contribution < -0.4 is 4.74 Å². The molecule has 6 heteroatoms. The molecule has 0 saturated carbocycles. The van der Waals surface area contributed by atoms with E-state index in [1.54, 1.807) is 24.3 Å². The minimum atomic E-state index is -0.547. The molecule has 118 valence electrons. The van der Waals surface area contributed by atoms with E-state index in [1.807, 2.05) is 6.92 Å². The highest BCUT2D eigenvalue weighted by Gasteiger charge is 2.47. The quantitative estimate of drug-likeness (QED) is 0.623. The number of fused-ring (bicyclic) bond motifs is 1. The Morgan fingerprint density at radius 1 is 1.14 bits per heavy atom. The lowest BCUT2D eigenvalue weighted by atomic mass is 10.0. The molecule has 0 bridgehead atoms. The first-order valence-corrected chi connectivity index (χ1v) is 7.28. The van der Waals surface area contributed by atoms with Crippen LogP contribution >= 0.6 is 0 Å². The molecule has 0 radical (unpaired) electrons. The fourth-order valence-corrected chi connectivity index (χ4v) is 2.84. The summed E-state index contributed by atoms with van der Waals surface area (Å²) in [5.74, 6) is -0.551. The summed E-state index contributed by atoms with van der Waals surface area (Å²) in [6.45, 7) is 4.25. The Hall–Kier alpha value is -1.92. The van der Waals surface area contributed by atoms with E-state index in [1.165, 1.54) is 6.92 Å². The summed E-state index contributed by atoms with van der Waals surface area (Å²) < 4.78 is 21.8. The van der Waals surface area contributed by atoms with Crippen LogP contribution in [0.15, 0.2) is 24.3 Å². The second-order valence-electron chi connectivity index (χ2n) is 5.61. The summed E-state index contributed by atoms with van der Waals surface area (Å²) in [6.07, 6.45) is -0.686. The van der Waals surface area contributed by atoms with Gasteiger partial charge in [-0.1, -0.05) is 19.1 Å². The molecule has 3 rings (SSSR count). The van der Waals surface area contributed by atoms with Crippen molar-refractivity contribution in [2.24, 2.45) is 5.92 Å². The minimum absolute atomic E-state index is 0.0264. The Morgan fingerprint density at radius 3 is 2.64 bits per heavy atom. The average Bonchev–Trinajstić information content (AvgIpc) is 3.03. The van der Waals surface area contributed by atoms with E-state index >= 15 is 0 Å². The Morgan fingerprint density at radius 2 is 1.86 bits per heavy atom. The van der Waals surface area contributed by atoms with Crippen molar-refractivity contribution in [2.45, 2.75) is 32.2 Å². The molecule has 1 aromatic rings. The number of hydrogen-bond donors (Lipinski definition) is 0. The first-order chi connectivity index (χ1) is 10.6. The van der Waals surface area contributed by atoms with Gasteiger partial charge in [-0.05, 0) is 12.1 Å². The largest absolute Gasteiger partial charge is 0.453 e. The van der Waals surface area contributed by atoms with Gasteiger partial charge in [0.2, 0.25) is 0 Å². The van der Waals surface area contributed by atoms with Gasteiger partial charge >= 0.3 is 11.9 Å². The molecule has 0 amide bonds. The maximum absolute atomic E-state index is 12.3. The van der Waals surface area contributed by atoms with Crippen LogP contribution in [0.25, 0.3) is 0 Å². The van der Waals surface area contributed by atoms with Crippen molar-refractivity contribution in [2.75, 3.05) is 13.2 Å². The molecule has 3 unspecified atom stereocenters. The molecule has 2 aliphatic heterocycles. The van der Waals surface area contributed by atoms with Gasteiger partial charge in [-0.3, -0.25) is 4.79 Å². The number of carbonyl (C=O) groups is 2. The molecule has 1 aromatic carbocycles. The number of benzene rings is 1. The molecular weight excluding hydrogens is 288 g/mol. The zero-order valence-corrected chi connectivity index (χ0v) is 12.5. The highest BCUT2D eigenvalue weighted by atomic mass is 16.6. The predicted octanol–water partition coefficient (Wildman–Crippen LogP) is 1.57. The predicted molar refractivity (Wildman–Crippen MR) is 75.6 cm³/mol. The second kappa shape index (κ2) is 6.06. The lowest BCUT2D eigenvalue weighted by Crippen LogP contribution is -2.33. The summed E-state index contributed by atoms with van der Waals surface area (Å²) >= 11 is 0. The number of hydrogen-bond acceptors (Lipinski definition) is 6. The van der Waals surface area contributed by atoms with Crippen LogP contribution in [0.3, 0.4) is 0 Å². The third-order valence-electron chi connectivity index (χ3n) is 3.87. The highest BCUT2D eigenvalue weighted by molar-refractivity contribution is 5.93. The van der Waals surface area contributed by atoms with Crippen LogP contribution in [0, 0.1) is 5.92 Å². The molecule has 2 fully saturated rings. The third-order valence-corrected chi connectivity index (χ3v) is 3.87. The summed E-state index contributed by atoms with van der Waals surface area (Å²) in [6, 6.07) is 6.49. The number of para-hydroxylation sites is 1. The van der Waals surface area contributed by atoms with E-state index in [2.05, 4.69) is 0 Å². The van der Waals surface area contributed by atoms with Gasteiger partial charge in [0, 0.05) is 12.8 Å².